The Morgan fingerprint density at radius 3 is 2.04 bits per heavy atom. The molecule has 1 aromatic carbocycles. The van der Waals surface area contributed by atoms with Gasteiger partial charge in [-0.25, -0.2) is 0 Å². The van der Waals surface area contributed by atoms with E-state index >= 15 is 0 Å². The topological polar surface area (TPSA) is 26.3 Å². The molecule has 4 heteroatoms. The van der Waals surface area contributed by atoms with E-state index in [2.05, 4.69) is 39.9 Å². The Balaban J connectivity index is 1.79. The molecule has 4 aliphatic carbocycles. The Labute approximate surface area is 170 Å². The second kappa shape index (κ2) is 6.35. The van der Waals surface area contributed by atoms with Crippen LogP contribution in [0.25, 0.3) is 0 Å². The van der Waals surface area contributed by atoms with E-state index in [1.165, 1.54) is 44.1 Å². The lowest BCUT2D eigenvalue weighted by molar-refractivity contribution is -0.00587. The van der Waals surface area contributed by atoms with Gasteiger partial charge in [0, 0.05) is 5.56 Å². The first-order valence-corrected chi connectivity index (χ1v) is 13.8. The summed E-state index contributed by atoms with van der Waals surface area (Å²) in [6, 6.07) is 5.96. The average Bonchev–Trinajstić information content (AvgIpc) is 2.52. The number of halogens is 1. The van der Waals surface area contributed by atoms with E-state index in [0.29, 0.717) is 5.56 Å². The van der Waals surface area contributed by atoms with Gasteiger partial charge in [-0.3, -0.25) is 4.79 Å². The number of carbonyl (C=O) groups excluding carboxylic acids is 1. The molecule has 0 N–H and O–H groups in total. The number of hydrogen-bond donors (Lipinski definition) is 0. The number of carbonyl (C=O) groups is 1. The summed E-state index contributed by atoms with van der Waals surface area (Å²) in [4.78, 5) is 11.9. The van der Waals surface area contributed by atoms with Crippen LogP contribution >= 0.6 is 11.6 Å². The van der Waals surface area contributed by atoms with Crippen molar-refractivity contribution in [2.75, 3.05) is 0 Å². The van der Waals surface area contributed by atoms with E-state index in [9.17, 15) is 4.79 Å². The van der Waals surface area contributed by atoms with Crippen LogP contribution in [0.1, 0.15) is 75.2 Å². The van der Waals surface area contributed by atoms with Gasteiger partial charge in [0.15, 0.2) is 0 Å². The van der Waals surface area contributed by atoms with Crippen LogP contribution in [0.4, 0.5) is 0 Å². The first-order chi connectivity index (χ1) is 12.5. The largest absolute Gasteiger partial charge is 0.543 e. The predicted molar refractivity (Wildman–Crippen MR) is 114 cm³/mol. The molecule has 0 heterocycles. The zero-order valence-electron chi connectivity index (χ0n) is 17.4. The number of benzene rings is 1. The summed E-state index contributed by atoms with van der Waals surface area (Å²) in [7, 11) is -1.95. The highest BCUT2D eigenvalue weighted by molar-refractivity contribution is 6.74. The third-order valence-corrected chi connectivity index (χ3v) is 12.5. The van der Waals surface area contributed by atoms with Crippen molar-refractivity contribution in [3.05, 3.63) is 29.3 Å². The van der Waals surface area contributed by atoms with Crippen LogP contribution in [0.3, 0.4) is 0 Å². The van der Waals surface area contributed by atoms with E-state index < -0.39 is 8.32 Å². The zero-order chi connectivity index (χ0) is 19.6. The van der Waals surface area contributed by atoms with Crippen molar-refractivity contribution >= 4 is 25.2 Å². The Bertz CT molecular complexity index is 727. The van der Waals surface area contributed by atoms with Crippen LogP contribution in [-0.2, 0) is 5.41 Å². The van der Waals surface area contributed by atoms with Crippen molar-refractivity contribution in [3.8, 4) is 5.75 Å². The molecule has 0 atom stereocenters. The normalized spacial score (nSPS) is 32.6. The lowest BCUT2D eigenvalue weighted by Gasteiger charge is -2.57. The molecule has 5 rings (SSSR count). The van der Waals surface area contributed by atoms with Crippen molar-refractivity contribution < 1.29 is 9.22 Å². The molecule has 4 fully saturated rings. The highest BCUT2D eigenvalue weighted by atomic mass is 35.5. The minimum atomic E-state index is -1.95. The number of hydrogen-bond acceptors (Lipinski definition) is 2. The standard InChI is InChI=1S/C23H33ClO2Si/c1-22(2,3)27(4,5)26-20-7-6-18(21(24)25)11-19(20)23-12-15-8-16(13-23)10-17(9-15)14-23/h6-7,11,15-17H,8-10,12-14H2,1-5H3. The van der Waals surface area contributed by atoms with Gasteiger partial charge in [0.2, 0.25) is 8.32 Å². The van der Waals surface area contributed by atoms with Crippen molar-refractivity contribution in [2.24, 2.45) is 17.8 Å². The molecule has 0 aliphatic heterocycles. The molecule has 2 nitrogen and oxygen atoms in total. The molecule has 0 radical (unpaired) electrons. The summed E-state index contributed by atoms with van der Waals surface area (Å²) in [5, 5.41) is -0.216. The van der Waals surface area contributed by atoms with Gasteiger partial charge < -0.3 is 4.43 Å². The summed E-state index contributed by atoms with van der Waals surface area (Å²) in [6.45, 7) is 11.4. The first-order valence-electron chi connectivity index (χ1n) is 10.5. The first kappa shape index (κ1) is 19.5. The maximum absolute atomic E-state index is 11.9. The van der Waals surface area contributed by atoms with Crippen molar-refractivity contribution in [1.82, 2.24) is 0 Å². The van der Waals surface area contributed by atoms with Crippen LogP contribution in [0, 0.1) is 17.8 Å². The molecule has 0 amide bonds. The van der Waals surface area contributed by atoms with E-state index in [1.54, 1.807) is 0 Å². The monoisotopic (exact) mass is 404 g/mol. The third-order valence-electron chi connectivity index (χ3n) is 7.99. The van der Waals surface area contributed by atoms with Crippen LogP contribution in [-0.4, -0.2) is 13.6 Å². The van der Waals surface area contributed by atoms with Crippen LogP contribution in [0.5, 0.6) is 5.75 Å². The van der Waals surface area contributed by atoms with Gasteiger partial charge in [-0.15, -0.1) is 0 Å². The maximum Gasteiger partial charge on any atom is 0.252 e. The van der Waals surface area contributed by atoms with Gasteiger partial charge in [-0.1, -0.05) is 20.8 Å². The summed E-state index contributed by atoms with van der Waals surface area (Å²) in [5.74, 6) is 3.58. The Morgan fingerprint density at radius 1 is 1.07 bits per heavy atom. The van der Waals surface area contributed by atoms with Crippen molar-refractivity contribution in [3.63, 3.8) is 0 Å². The van der Waals surface area contributed by atoms with Gasteiger partial charge in [0.05, 0.1) is 0 Å². The van der Waals surface area contributed by atoms with Gasteiger partial charge in [-0.05, 0) is 115 Å². The quantitative estimate of drug-likeness (QED) is 0.402. The molecule has 4 bridgehead atoms. The Morgan fingerprint density at radius 2 is 1.59 bits per heavy atom. The molecule has 1 aromatic rings. The lowest BCUT2D eigenvalue weighted by Crippen LogP contribution is -2.49. The minimum Gasteiger partial charge on any atom is -0.543 e. The van der Waals surface area contributed by atoms with E-state index in [0.717, 1.165) is 23.5 Å². The molecule has 0 aromatic heterocycles. The molecule has 4 aliphatic rings. The van der Waals surface area contributed by atoms with Gasteiger partial charge >= 0.3 is 0 Å². The predicted octanol–water partition coefficient (Wildman–Crippen LogP) is 6.92. The SMILES string of the molecule is CC(C)(C)[Si](C)(C)Oc1ccc(C(=O)Cl)cc1C12CC3CC(CC(C3)C1)C2. The molecule has 4 saturated carbocycles. The summed E-state index contributed by atoms with van der Waals surface area (Å²) >= 11 is 5.87. The van der Waals surface area contributed by atoms with Crippen molar-refractivity contribution in [1.29, 1.82) is 0 Å². The van der Waals surface area contributed by atoms with Crippen LogP contribution in [0.2, 0.25) is 18.1 Å². The summed E-state index contributed by atoms with van der Waals surface area (Å²) in [5.41, 5.74) is 2.08. The zero-order valence-corrected chi connectivity index (χ0v) is 19.2. The molecular formula is C23H33ClO2Si. The molecular weight excluding hydrogens is 372 g/mol. The smallest absolute Gasteiger partial charge is 0.252 e. The molecule has 0 saturated heterocycles. The van der Waals surface area contributed by atoms with Crippen LogP contribution < -0.4 is 4.43 Å². The molecule has 0 unspecified atom stereocenters. The Hall–Kier alpha value is -0.803. The van der Waals surface area contributed by atoms with Gasteiger partial charge in [0.25, 0.3) is 5.24 Å². The van der Waals surface area contributed by atoms with E-state index in [-0.39, 0.29) is 15.7 Å². The van der Waals surface area contributed by atoms with Gasteiger partial charge in [0.1, 0.15) is 5.75 Å². The highest BCUT2D eigenvalue weighted by Crippen LogP contribution is 2.62. The fourth-order valence-electron chi connectivity index (χ4n) is 6.02. The average molecular weight is 405 g/mol. The summed E-state index contributed by atoms with van der Waals surface area (Å²) in [6.07, 6.45) is 8.00. The molecule has 148 valence electrons. The lowest BCUT2D eigenvalue weighted by atomic mass is 9.48. The van der Waals surface area contributed by atoms with Crippen LogP contribution in [0.15, 0.2) is 18.2 Å². The van der Waals surface area contributed by atoms with Gasteiger partial charge in [-0.2, -0.15) is 0 Å². The second-order valence-corrected chi connectivity index (χ2v) is 16.1. The maximum atomic E-state index is 11.9. The Kier molecular flexibility index (Phi) is 4.59. The molecule has 27 heavy (non-hydrogen) atoms. The summed E-state index contributed by atoms with van der Waals surface area (Å²) < 4.78 is 6.81. The molecule has 0 spiro atoms. The van der Waals surface area contributed by atoms with E-state index in [4.69, 9.17) is 16.0 Å². The fourth-order valence-corrected chi connectivity index (χ4v) is 7.18. The highest BCUT2D eigenvalue weighted by Gasteiger charge is 2.53. The second-order valence-electron chi connectivity index (χ2n) is 11.0. The number of rotatable bonds is 4. The minimum absolute atomic E-state index is 0.146. The van der Waals surface area contributed by atoms with E-state index in [1.807, 2.05) is 12.1 Å². The fraction of sp³-hybridized carbons (Fsp3) is 0.696. The third kappa shape index (κ3) is 3.39. The van der Waals surface area contributed by atoms with Crippen molar-refractivity contribution in [2.45, 2.75) is 82.8 Å².